The van der Waals surface area contributed by atoms with Crippen LogP contribution in [0.15, 0.2) is 54.7 Å². The number of amides is 2. The van der Waals surface area contributed by atoms with Gasteiger partial charge in [0.1, 0.15) is 6.04 Å². The zero-order valence-electron chi connectivity index (χ0n) is 16.9. The molecule has 31 heavy (non-hydrogen) atoms. The van der Waals surface area contributed by atoms with Crippen LogP contribution < -0.4 is 5.32 Å². The van der Waals surface area contributed by atoms with Gasteiger partial charge in [-0.05, 0) is 44.0 Å². The van der Waals surface area contributed by atoms with E-state index in [2.05, 4.69) is 20.6 Å². The van der Waals surface area contributed by atoms with E-state index in [1.807, 2.05) is 55.5 Å². The van der Waals surface area contributed by atoms with Crippen molar-refractivity contribution in [2.45, 2.75) is 25.8 Å². The number of carbonyl (C=O) groups is 2. The number of para-hydroxylation sites is 1. The monoisotopic (exact) mass is 432 g/mol. The number of rotatable bonds is 4. The van der Waals surface area contributed by atoms with Crippen LogP contribution >= 0.6 is 11.3 Å². The van der Waals surface area contributed by atoms with Crippen LogP contribution in [0.1, 0.15) is 28.9 Å². The van der Waals surface area contributed by atoms with Gasteiger partial charge in [0.05, 0.1) is 22.1 Å². The zero-order chi connectivity index (χ0) is 21.4. The minimum atomic E-state index is -0.552. The molecule has 1 fully saturated rings. The van der Waals surface area contributed by atoms with E-state index in [4.69, 9.17) is 0 Å². The maximum atomic E-state index is 13.1. The summed E-state index contributed by atoms with van der Waals surface area (Å²) >= 11 is 1.42. The topological polar surface area (TPSA) is 93.0 Å². The molecule has 2 aromatic heterocycles. The lowest BCUT2D eigenvalue weighted by Gasteiger charge is -2.22. The van der Waals surface area contributed by atoms with Gasteiger partial charge in [-0.15, -0.1) is 5.10 Å². The SMILES string of the molecule is Cc1ccc(-n2cc(C(=O)N3CCCC3C(=O)Nc3nc4ccccc4s3)nn2)cc1. The van der Waals surface area contributed by atoms with E-state index < -0.39 is 6.04 Å². The van der Waals surface area contributed by atoms with Crippen molar-refractivity contribution >= 4 is 38.5 Å². The fraction of sp³-hybridized carbons (Fsp3) is 0.227. The van der Waals surface area contributed by atoms with Gasteiger partial charge in [-0.1, -0.05) is 46.4 Å². The quantitative estimate of drug-likeness (QED) is 0.533. The summed E-state index contributed by atoms with van der Waals surface area (Å²) < 4.78 is 2.57. The lowest BCUT2D eigenvalue weighted by Crippen LogP contribution is -2.43. The number of fused-ring (bicyclic) bond motifs is 1. The molecule has 1 atom stereocenters. The van der Waals surface area contributed by atoms with Gasteiger partial charge in [-0.2, -0.15) is 0 Å². The highest BCUT2D eigenvalue weighted by molar-refractivity contribution is 7.22. The van der Waals surface area contributed by atoms with Crippen LogP contribution in [0.3, 0.4) is 0 Å². The van der Waals surface area contributed by atoms with Crippen molar-refractivity contribution in [3.05, 3.63) is 66.0 Å². The van der Waals surface area contributed by atoms with Crippen molar-refractivity contribution < 1.29 is 9.59 Å². The Kier molecular flexibility index (Phi) is 4.95. The Balaban J connectivity index is 1.32. The number of nitrogens with one attached hydrogen (secondary N) is 1. The molecular formula is C22H20N6O2S. The van der Waals surface area contributed by atoms with Gasteiger partial charge < -0.3 is 10.2 Å². The van der Waals surface area contributed by atoms with Crippen LogP contribution in [0.25, 0.3) is 15.9 Å². The van der Waals surface area contributed by atoms with Crippen molar-refractivity contribution in [3.63, 3.8) is 0 Å². The number of benzene rings is 2. The first-order valence-corrected chi connectivity index (χ1v) is 10.9. The molecule has 0 aliphatic carbocycles. The maximum Gasteiger partial charge on any atom is 0.276 e. The number of hydrogen-bond acceptors (Lipinski definition) is 6. The number of likely N-dealkylation sites (tertiary alicyclic amines) is 1. The Morgan fingerprint density at radius 3 is 2.74 bits per heavy atom. The lowest BCUT2D eigenvalue weighted by molar-refractivity contribution is -0.119. The molecule has 8 nitrogen and oxygen atoms in total. The molecule has 2 aromatic carbocycles. The maximum absolute atomic E-state index is 13.1. The van der Waals surface area contributed by atoms with Gasteiger partial charge >= 0.3 is 0 Å². The van der Waals surface area contributed by atoms with Crippen LogP contribution in [0.2, 0.25) is 0 Å². The van der Waals surface area contributed by atoms with E-state index in [0.717, 1.165) is 27.9 Å². The molecule has 1 saturated heterocycles. The second kappa shape index (κ2) is 7.92. The smallest absolute Gasteiger partial charge is 0.276 e. The van der Waals surface area contributed by atoms with E-state index in [0.29, 0.717) is 18.1 Å². The number of aromatic nitrogens is 4. The Hall–Kier alpha value is -3.59. The molecule has 1 aliphatic rings. The first kappa shape index (κ1) is 19.4. The molecule has 2 amide bonds. The molecule has 3 heterocycles. The minimum absolute atomic E-state index is 0.222. The normalized spacial score (nSPS) is 16.0. The third-order valence-electron chi connectivity index (χ3n) is 5.35. The van der Waals surface area contributed by atoms with E-state index in [9.17, 15) is 9.59 Å². The number of hydrogen-bond donors (Lipinski definition) is 1. The number of anilines is 1. The van der Waals surface area contributed by atoms with Crippen molar-refractivity contribution in [3.8, 4) is 5.69 Å². The molecule has 4 aromatic rings. The second-order valence-corrected chi connectivity index (χ2v) is 8.55. The highest BCUT2D eigenvalue weighted by atomic mass is 32.1. The summed E-state index contributed by atoms with van der Waals surface area (Å²) in [6.07, 6.45) is 2.97. The van der Waals surface area contributed by atoms with Gasteiger partial charge in [0.25, 0.3) is 5.91 Å². The summed E-state index contributed by atoms with van der Waals surface area (Å²) in [6.45, 7) is 2.52. The first-order valence-electron chi connectivity index (χ1n) is 10.1. The fourth-order valence-electron chi connectivity index (χ4n) is 3.73. The molecule has 1 N–H and O–H groups in total. The Morgan fingerprint density at radius 2 is 1.94 bits per heavy atom. The molecule has 5 rings (SSSR count). The molecule has 156 valence electrons. The summed E-state index contributed by atoms with van der Waals surface area (Å²) in [5.41, 5.74) is 3.03. The predicted octanol–water partition coefficient (Wildman–Crippen LogP) is 3.43. The standard InChI is InChI=1S/C22H20N6O2S/c1-14-8-10-15(11-9-14)28-13-17(25-26-28)21(30)27-12-4-6-18(27)20(29)24-22-23-16-5-2-3-7-19(16)31-22/h2-3,5,7-11,13,18H,4,6,12H2,1H3,(H,23,24,29). The van der Waals surface area contributed by atoms with Gasteiger partial charge in [-0.25, -0.2) is 9.67 Å². The Labute approximate surface area is 182 Å². The molecule has 0 bridgehead atoms. The summed E-state index contributed by atoms with van der Waals surface area (Å²) in [5, 5.41) is 11.5. The molecule has 0 radical (unpaired) electrons. The summed E-state index contributed by atoms with van der Waals surface area (Å²) in [5.74, 6) is -0.517. The molecule has 1 aliphatic heterocycles. The number of nitrogens with zero attached hydrogens (tertiary/aromatic N) is 5. The van der Waals surface area contributed by atoms with Gasteiger partial charge in [-0.3, -0.25) is 9.59 Å². The average molecular weight is 433 g/mol. The number of aryl methyl sites for hydroxylation is 1. The Bertz CT molecular complexity index is 1230. The average Bonchev–Trinajstić information content (AvgIpc) is 3.52. The van der Waals surface area contributed by atoms with E-state index >= 15 is 0 Å². The summed E-state index contributed by atoms with van der Waals surface area (Å²) in [6, 6.07) is 15.0. The molecule has 0 saturated carbocycles. The van der Waals surface area contributed by atoms with Crippen molar-refractivity contribution in [2.24, 2.45) is 0 Å². The van der Waals surface area contributed by atoms with Crippen LogP contribution in [-0.4, -0.2) is 49.3 Å². The largest absolute Gasteiger partial charge is 0.325 e. The summed E-state index contributed by atoms with van der Waals surface area (Å²) in [4.78, 5) is 32.0. The molecular weight excluding hydrogens is 412 g/mol. The molecule has 0 spiro atoms. The third-order valence-corrected chi connectivity index (χ3v) is 6.30. The summed E-state index contributed by atoms with van der Waals surface area (Å²) in [7, 11) is 0. The number of thiazole rings is 1. The van der Waals surface area contributed by atoms with Gasteiger partial charge in [0.15, 0.2) is 10.8 Å². The van der Waals surface area contributed by atoms with E-state index in [1.165, 1.54) is 11.3 Å². The zero-order valence-corrected chi connectivity index (χ0v) is 17.7. The van der Waals surface area contributed by atoms with Gasteiger partial charge in [0.2, 0.25) is 5.91 Å². The van der Waals surface area contributed by atoms with E-state index in [-0.39, 0.29) is 17.5 Å². The predicted molar refractivity (Wildman–Crippen MR) is 118 cm³/mol. The van der Waals surface area contributed by atoms with Crippen molar-refractivity contribution in [1.82, 2.24) is 24.9 Å². The van der Waals surface area contributed by atoms with Crippen LogP contribution in [-0.2, 0) is 4.79 Å². The Morgan fingerprint density at radius 1 is 1.13 bits per heavy atom. The number of carbonyl (C=O) groups excluding carboxylic acids is 2. The molecule has 1 unspecified atom stereocenters. The lowest BCUT2D eigenvalue weighted by atomic mass is 10.2. The first-order chi connectivity index (χ1) is 15.1. The van der Waals surface area contributed by atoms with E-state index in [1.54, 1.807) is 15.8 Å². The minimum Gasteiger partial charge on any atom is -0.325 e. The van der Waals surface area contributed by atoms with Gasteiger partial charge in [0, 0.05) is 6.54 Å². The highest BCUT2D eigenvalue weighted by Gasteiger charge is 2.36. The van der Waals surface area contributed by atoms with Crippen molar-refractivity contribution in [1.29, 1.82) is 0 Å². The van der Waals surface area contributed by atoms with Crippen LogP contribution in [0.5, 0.6) is 0 Å². The van der Waals surface area contributed by atoms with Crippen molar-refractivity contribution in [2.75, 3.05) is 11.9 Å². The fourth-order valence-corrected chi connectivity index (χ4v) is 4.60. The second-order valence-electron chi connectivity index (χ2n) is 7.52. The van der Waals surface area contributed by atoms with Crippen LogP contribution in [0.4, 0.5) is 5.13 Å². The van der Waals surface area contributed by atoms with Crippen LogP contribution in [0, 0.1) is 6.92 Å². The third kappa shape index (κ3) is 3.79. The highest BCUT2D eigenvalue weighted by Crippen LogP contribution is 2.27. The molecule has 9 heteroatoms.